The van der Waals surface area contributed by atoms with Gasteiger partial charge in [0.05, 0.1) is 17.2 Å². The number of nitrogens with one attached hydrogen (secondary N) is 1. The van der Waals surface area contributed by atoms with E-state index in [1.165, 1.54) is 11.0 Å². The molecule has 0 radical (unpaired) electrons. The number of rotatable bonds is 2. The number of nitriles is 1. The molecule has 1 amide bonds. The molecule has 1 aromatic rings. The van der Waals surface area contributed by atoms with Crippen LogP contribution in [0, 0.1) is 11.3 Å². The molecule has 0 bridgehead atoms. The van der Waals surface area contributed by atoms with Crippen LogP contribution in [0.1, 0.15) is 38.3 Å². The maximum Gasteiger partial charge on any atom is 0.417 e. The number of anilines is 1. The SMILES string of the molecule is CC(C)(C)OC(=O)N1C[C@@H](N)C[C@@H](Nc2ccc(C#N)c(C(F)(F)F)c2)C1. The Bertz CT molecular complexity index is 738. The summed E-state index contributed by atoms with van der Waals surface area (Å²) in [5.74, 6) is 0. The van der Waals surface area contributed by atoms with Crippen LogP contribution in [0.4, 0.5) is 23.7 Å². The molecule has 9 heteroatoms. The van der Waals surface area contributed by atoms with E-state index in [0.29, 0.717) is 13.0 Å². The van der Waals surface area contributed by atoms with E-state index in [9.17, 15) is 18.0 Å². The average Bonchev–Trinajstić information content (AvgIpc) is 2.52. The van der Waals surface area contributed by atoms with E-state index >= 15 is 0 Å². The topological polar surface area (TPSA) is 91.4 Å². The molecule has 148 valence electrons. The Balaban J connectivity index is 2.15. The zero-order valence-corrected chi connectivity index (χ0v) is 15.4. The Morgan fingerprint density at radius 3 is 2.56 bits per heavy atom. The highest BCUT2D eigenvalue weighted by atomic mass is 19.4. The van der Waals surface area contributed by atoms with Gasteiger partial charge in [-0.1, -0.05) is 0 Å². The standard InChI is InChI=1S/C18H23F3N4O2/c1-17(2,3)27-16(26)25-9-12(23)6-14(10-25)24-13-5-4-11(8-22)15(7-13)18(19,20)21/h4-5,7,12,14,24H,6,9-10,23H2,1-3H3/t12-,14+/m0/s1. The number of carbonyl (C=O) groups is 1. The Morgan fingerprint density at radius 1 is 1.33 bits per heavy atom. The molecule has 2 atom stereocenters. The highest BCUT2D eigenvalue weighted by molar-refractivity contribution is 5.68. The number of hydrogen-bond acceptors (Lipinski definition) is 5. The highest BCUT2D eigenvalue weighted by Gasteiger charge is 2.35. The van der Waals surface area contributed by atoms with Gasteiger partial charge in [-0.05, 0) is 45.4 Å². The molecule has 0 unspecified atom stereocenters. The summed E-state index contributed by atoms with van der Waals surface area (Å²) in [6.07, 6.45) is -4.66. The number of nitrogens with zero attached hydrogens (tertiary/aromatic N) is 2. The fourth-order valence-corrected chi connectivity index (χ4v) is 2.92. The Morgan fingerprint density at radius 2 is 2.00 bits per heavy atom. The lowest BCUT2D eigenvalue weighted by Crippen LogP contribution is -2.54. The molecule has 1 heterocycles. The van der Waals surface area contributed by atoms with E-state index in [2.05, 4.69) is 5.32 Å². The van der Waals surface area contributed by atoms with Gasteiger partial charge in [-0.2, -0.15) is 18.4 Å². The van der Waals surface area contributed by atoms with Crippen LogP contribution in [-0.2, 0) is 10.9 Å². The largest absolute Gasteiger partial charge is 0.444 e. The van der Waals surface area contributed by atoms with E-state index < -0.39 is 29.0 Å². The predicted molar refractivity (Wildman–Crippen MR) is 94.0 cm³/mol. The molecule has 1 aromatic carbocycles. The third kappa shape index (κ3) is 5.76. The van der Waals surface area contributed by atoms with E-state index in [-0.39, 0.29) is 24.3 Å². The summed E-state index contributed by atoms with van der Waals surface area (Å²) >= 11 is 0. The monoisotopic (exact) mass is 384 g/mol. The number of benzene rings is 1. The van der Waals surface area contributed by atoms with Crippen molar-refractivity contribution in [2.75, 3.05) is 18.4 Å². The number of carbonyl (C=O) groups excluding carboxylic acids is 1. The summed E-state index contributed by atoms with van der Waals surface area (Å²) in [6, 6.07) is 4.31. The highest BCUT2D eigenvalue weighted by Crippen LogP contribution is 2.34. The predicted octanol–water partition coefficient (Wildman–Crippen LogP) is 3.33. The van der Waals surface area contributed by atoms with Crippen LogP contribution in [0.25, 0.3) is 0 Å². The van der Waals surface area contributed by atoms with Crippen molar-refractivity contribution in [1.29, 1.82) is 5.26 Å². The normalized spacial score (nSPS) is 20.7. The average molecular weight is 384 g/mol. The van der Waals surface area contributed by atoms with Crippen LogP contribution >= 0.6 is 0 Å². The maximum atomic E-state index is 13.1. The van der Waals surface area contributed by atoms with Crippen molar-refractivity contribution in [2.24, 2.45) is 5.73 Å². The van der Waals surface area contributed by atoms with Crippen molar-refractivity contribution < 1.29 is 22.7 Å². The minimum Gasteiger partial charge on any atom is -0.444 e. The number of ether oxygens (including phenoxy) is 1. The fraction of sp³-hybridized carbons (Fsp3) is 0.556. The molecule has 6 nitrogen and oxygen atoms in total. The zero-order valence-electron chi connectivity index (χ0n) is 15.4. The quantitative estimate of drug-likeness (QED) is 0.816. The molecule has 0 aromatic heterocycles. The van der Waals surface area contributed by atoms with Crippen LogP contribution in [0.5, 0.6) is 0 Å². The number of amides is 1. The smallest absolute Gasteiger partial charge is 0.417 e. The van der Waals surface area contributed by atoms with Gasteiger partial charge in [0.2, 0.25) is 0 Å². The van der Waals surface area contributed by atoms with Gasteiger partial charge in [0.15, 0.2) is 0 Å². The van der Waals surface area contributed by atoms with Crippen molar-refractivity contribution in [1.82, 2.24) is 4.90 Å². The van der Waals surface area contributed by atoms with Gasteiger partial charge in [-0.15, -0.1) is 0 Å². The number of piperidine rings is 1. The number of nitrogens with two attached hydrogens (primary N) is 1. The molecular formula is C18H23F3N4O2. The van der Waals surface area contributed by atoms with Gasteiger partial charge in [-0.25, -0.2) is 4.79 Å². The first kappa shape index (κ1) is 20.8. The molecule has 1 saturated heterocycles. The Hall–Kier alpha value is -2.47. The second-order valence-corrected chi connectivity index (χ2v) is 7.59. The molecule has 2 rings (SSSR count). The van der Waals surface area contributed by atoms with Crippen molar-refractivity contribution >= 4 is 11.8 Å². The lowest BCUT2D eigenvalue weighted by molar-refractivity contribution is -0.137. The van der Waals surface area contributed by atoms with E-state index in [1.807, 2.05) is 0 Å². The fourth-order valence-electron chi connectivity index (χ4n) is 2.92. The van der Waals surface area contributed by atoms with Gasteiger partial charge in [-0.3, -0.25) is 0 Å². The maximum absolute atomic E-state index is 13.1. The Labute approximate surface area is 156 Å². The molecule has 1 aliphatic rings. The molecule has 3 N–H and O–H groups in total. The van der Waals surface area contributed by atoms with Gasteiger partial charge in [0.1, 0.15) is 5.60 Å². The summed E-state index contributed by atoms with van der Waals surface area (Å²) in [7, 11) is 0. The summed E-state index contributed by atoms with van der Waals surface area (Å²) < 4.78 is 44.7. The van der Waals surface area contributed by atoms with E-state index in [4.69, 9.17) is 15.7 Å². The van der Waals surface area contributed by atoms with Gasteiger partial charge in [0, 0.05) is 30.9 Å². The number of hydrogen-bond donors (Lipinski definition) is 2. The molecular weight excluding hydrogens is 361 g/mol. The van der Waals surface area contributed by atoms with Gasteiger partial charge >= 0.3 is 12.3 Å². The van der Waals surface area contributed by atoms with Crippen LogP contribution in [0.3, 0.4) is 0 Å². The van der Waals surface area contributed by atoms with Crippen molar-refractivity contribution in [3.63, 3.8) is 0 Å². The van der Waals surface area contributed by atoms with E-state index in [0.717, 1.165) is 12.1 Å². The number of halogens is 3. The van der Waals surface area contributed by atoms with E-state index in [1.54, 1.807) is 26.8 Å². The van der Waals surface area contributed by atoms with Crippen LogP contribution in [-0.4, -0.2) is 41.8 Å². The van der Waals surface area contributed by atoms with Gasteiger partial charge in [0.25, 0.3) is 0 Å². The van der Waals surface area contributed by atoms with Crippen LogP contribution in [0.15, 0.2) is 18.2 Å². The number of alkyl halides is 3. The minimum absolute atomic E-state index is 0.213. The molecule has 0 aliphatic carbocycles. The van der Waals surface area contributed by atoms with Crippen molar-refractivity contribution in [2.45, 2.75) is 51.1 Å². The van der Waals surface area contributed by atoms with Crippen LogP contribution < -0.4 is 11.1 Å². The third-order valence-electron chi connectivity index (χ3n) is 3.95. The summed E-state index contributed by atoms with van der Waals surface area (Å²) in [5, 5.41) is 11.9. The number of likely N-dealkylation sites (tertiary alicyclic amines) is 1. The lowest BCUT2D eigenvalue weighted by atomic mass is 10.0. The van der Waals surface area contributed by atoms with Crippen molar-refractivity contribution in [3.8, 4) is 6.07 Å². The first-order chi connectivity index (χ1) is 12.4. The summed E-state index contributed by atoms with van der Waals surface area (Å²) in [4.78, 5) is 13.7. The molecule has 27 heavy (non-hydrogen) atoms. The second kappa shape index (κ2) is 7.64. The Kier molecular flexibility index (Phi) is 5.90. The molecule has 1 aliphatic heterocycles. The molecule has 1 fully saturated rings. The first-order valence-electron chi connectivity index (χ1n) is 8.50. The van der Waals surface area contributed by atoms with Crippen molar-refractivity contribution in [3.05, 3.63) is 29.3 Å². The van der Waals surface area contributed by atoms with Gasteiger partial charge < -0.3 is 20.7 Å². The van der Waals surface area contributed by atoms with Crippen LogP contribution in [0.2, 0.25) is 0 Å². The minimum atomic E-state index is -4.63. The second-order valence-electron chi connectivity index (χ2n) is 7.59. The lowest BCUT2D eigenvalue weighted by Gasteiger charge is -2.37. The molecule has 0 spiro atoms. The first-order valence-corrected chi connectivity index (χ1v) is 8.50. The zero-order chi connectivity index (χ0) is 20.4. The third-order valence-corrected chi connectivity index (χ3v) is 3.95. The molecule has 0 saturated carbocycles. The summed E-state index contributed by atoms with van der Waals surface area (Å²) in [5.41, 5.74) is 4.12. The summed E-state index contributed by atoms with van der Waals surface area (Å²) in [6.45, 7) is 5.82.